The highest BCUT2D eigenvalue weighted by molar-refractivity contribution is 5.43. The molecule has 0 unspecified atom stereocenters. The summed E-state index contributed by atoms with van der Waals surface area (Å²) >= 11 is 0. The van der Waals surface area contributed by atoms with Crippen LogP contribution >= 0.6 is 0 Å². The molecule has 0 atom stereocenters. The third kappa shape index (κ3) is 2.79. The van der Waals surface area contributed by atoms with Gasteiger partial charge in [-0.15, -0.1) is 5.10 Å². The normalized spacial score (nSPS) is 10.1. The molecule has 2 aromatic rings. The number of anilines is 1. The molecule has 1 heterocycles. The first-order valence-electron chi connectivity index (χ1n) is 5.43. The molecule has 1 aromatic carbocycles. The first kappa shape index (κ1) is 12.0. The van der Waals surface area contributed by atoms with Crippen molar-refractivity contribution < 1.29 is 4.92 Å². The molecule has 2 rings (SSSR count). The van der Waals surface area contributed by atoms with Crippen LogP contribution in [0.5, 0.6) is 0 Å². The SMILES string of the molecule is Cc1ccc(NCc2ccccc2[N+](=O)[O-])nn1. The fourth-order valence-corrected chi connectivity index (χ4v) is 1.52. The summed E-state index contributed by atoms with van der Waals surface area (Å²) in [6, 6.07) is 10.2. The van der Waals surface area contributed by atoms with Crippen molar-refractivity contribution in [2.24, 2.45) is 0 Å². The van der Waals surface area contributed by atoms with E-state index < -0.39 is 4.92 Å². The molecule has 0 bridgehead atoms. The van der Waals surface area contributed by atoms with E-state index in [0.29, 0.717) is 17.9 Å². The maximum Gasteiger partial charge on any atom is 0.274 e. The van der Waals surface area contributed by atoms with Crippen LogP contribution < -0.4 is 5.32 Å². The van der Waals surface area contributed by atoms with E-state index in [2.05, 4.69) is 15.5 Å². The Morgan fingerprint density at radius 1 is 1.22 bits per heavy atom. The lowest BCUT2D eigenvalue weighted by Gasteiger charge is -2.05. The number of rotatable bonds is 4. The fraction of sp³-hybridized carbons (Fsp3) is 0.167. The molecule has 0 aliphatic carbocycles. The van der Waals surface area contributed by atoms with E-state index >= 15 is 0 Å². The topological polar surface area (TPSA) is 81.0 Å². The zero-order chi connectivity index (χ0) is 13.0. The van der Waals surface area contributed by atoms with Crippen molar-refractivity contribution in [1.82, 2.24) is 10.2 Å². The molecule has 1 aromatic heterocycles. The van der Waals surface area contributed by atoms with Crippen LogP contribution in [0.2, 0.25) is 0 Å². The number of nitrogens with one attached hydrogen (secondary N) is 1. The van der Waals surface area contributed by atoms with Crippen LogP contribution in [0.3, 0.4) is 0 Å². The summed E-state index contributed by atoms with van der Waals surface area (Å²) in [7, 11) is 0. The van der Waals surface area contributed by atoms with Crippen molar-refractivity contribution in [2.75, 3.05) is 5.32 Å². The van der Waals surface area contributed by atoms with Gasteiger partial charge in [0.1, 0.15) is 5.82 Å². The monoisotopic (exact) mass is 244 g/mol. The number of nitro groups is 1. The summed E-state index contributed by atoms with van der Waals surface area (Å²) in [5.74, 6) is 0.596. The Kier molecular flexibility index (Phi) is 3.47. The number of benzene rings is 1. The zero-order valence-corrected chi connectivity index (χ0v) is 9.83. The van der Waals surface area contributed by atoms with Crippen LogP contribution in [0.25, 0.3) is 0 Å². The first-order chi connectivity index (χ1) is 8.66. The largest absolute Gasteiger partial charge is 0.364 e. The van der Waals surface area contributed by atoms with Gasteiger partial charge < -0.3 is 5.32 Å². The van der Waals surface area contributed by atoms with Crippen molar-refractivity contribution in [3.05, 3.63) is 57.8 Å². The van der Waals surface area contributed by atoms with Crippen molar-refractivity contribution in [2.45, 2.75) is 13.5 Å². The van der Waals surface area contributed by atoms with E-state index in [-0.39, 0.29) is 5.69 Å². The van der Waals surface area contributed by atoms with Crippen LogP contribution in [0.1, 0.15) is 11.3 Å². The van der Waals surface area contributed by atoms with Crippen LogP contribution in [0.4, 0.5) is 11.5 Å². The van der Waals surface area contributed by atoms with Gasteiger partial charge in [0.15, 0.2) is 0 Å². The molecule has 1 N–H and O–H groups in total. The highest BCUT2D eigenvalue weighted by Crippen LogP contribution is 2.18. The molecule has 92 valence electrons. The number of hydrogen-bond donors (Lipinski definition) is 1. The minimum Gasteiger partial charge on any atom is -0.364 e. The minimum absolute atomic E-state index is 0.102. The van der Waals surface area contributed by atoms with Gasteiger partial charge >= 0.3 is 0 Å². The molecule has 0 saturated heterocycles. The van der Waals surface area contributed by atoms with Crippen LogP contribution in [-0.4, -0.2) is 15.1 Å². The summed E-state index contributed by atoms with van der Waals surface area (Å²) < 4.78 is 0. The number of aromatic nitrogens is 2. The molecule has 0 amide bonds. The Hall–Kier alpha value is -2.50. The van der Waals surface area contributed by atoms with Gasteiger partial charge in [-0.1, -0.05) is 18.2 Å². The summed E-state index contributed by atoms with van der Waals surface area (Å²) in [4.78, 5) is 10.4. The van der Waals surface area contributed by atoms with Gasteiger partial charge in [0, 0.05) is 18.2 Å². The Morgan fingerprint density at radius 2 is 2.00 bits per heavy atom. The van der Waals surface area contributed by atoms with Gasteiger partial charge in [0.2, 0.25) is 0 Å². The maximum absolute atomic E-state index is 10.8. The zero-order valence-electron chi connectivity index (χ0n) is 9.83. The molecule has 0 radical (unpaired) electrons. The average Bonchev–Trinajstić information content (AvgIpc) is 2.38. The Morgan fingerprint density at radius 3 is 2.67 bits per heavy atom. The Balaban J connectivity index is 2.10. The van der Waals surface area contributed by atoms with E-state index in [1.165, 1.54) is 6.07 Å². The van der Waals surface area contributed by atoms with Crippen molar-refractivity contribution in [3.63, 3.8) is 0 Å². The van der Waals surface area contributed by atoms with Gasteiger partial charge in [-0.25, -0.2) is 0 Å². The van der Waals surface area contributed by atoms with E-state index in [0.717, 1.165) is 5.69 Å². The molecule has 0 spiro atoms. The molecule has 6 nitrogen and oxygen atoms in total. The van der Waals surface area contributed by atoms with Crippen molar-refractivity contribution in [1.29, 1.82) is 0 Å². The van der Waals surface area contributed by atoms with Crippen LogP contribution in [0, 0.1) is 17.0 Å². The van der Waals surface area contributed by atoms with Crippen molar-refractivity contribution in [3.8, 4) is 0 Å². The molecule has 6 heteroatoms. The molecular formula is C12H12N4O2. The lowest BCUT2D eigenvalue weighted by Crippen LogP contribution is -2.05. The first-order valence-corrected chi connectivity index (χ1v) is 5.43. The predicted octanol–water partition coefficient (Wildman–Crippen LogP) is 2.31. The number of hydrogen-bond acceptors (Lipinski definition) is 5. The second-order valence-electron chi connectivity index (χ2n) is 3.80. The standard InChI is InChI=1S/C12H12N4O2/c1-9-6-7-12(15-14-9)13-8-10-4-2-3-5-11(10)16(17)18/h2-7H,8H2,1H3,(H,13,15). The van der Waals surface area contributed by atoms with Gasteiger partial charge in [0.25, 0.3) is 5.69 Å². The molecule has 0 fully saturated rings. The molecule has 0 aliphatic rings. The molecule has 18 heavy (non-hydrogen) atoms. The maximum atomic E-state index is 10.8. The van der Waals surface area contributed by atoms with Gasteiger partial charge in [0.05, 0.1) is 10.6 Å². The minimum atomic E-state index is -0.391. The fourth-order valence-electron chi connectivity index (χ4n) is 1.52. The van der Waals surface area contributed by atoms with Gasteiger partial charge in [-0.05, 0) is 19.1 Å². The summed E-state index contributed by atoms with van der Waals surface area (Å²) in [6.07, 6.45) is 0. The van der Waals surface area contributed by atoms with Crippen LogP contribution in [-0.2, 0) is 6.54 Å². The lowest BCUT2D eigenvalue weighted by molar-refractivity contribution is -0.385. The molecular weight excluding hydrogens is 232 g/mol. The highest BCUT2D eigenvalue weighted by Gasteiger charge is 2.11. The van der Waals surface area contributed by atoms with E-state index in [9.17, 15) is 10.1 Å². The van der Waals surface area contributed by atoms with E-state index in [1.807, 2.05) is 13.0 Å². The summed E-state index contributed by atoms with van der Waals surface area (Å²) in [5.41, 5.74) is 1.54. The number of nitrogens with zero attached hydrogens (tertiary/aromatic N) is 3. The number of para-hydroxylation sites is 1. The summed E-state index contributed by atoms with van der Waals surface area (Å²) in [6.45, 7) is 2.19. The van der Waals surface area contributed by atoms with Crippen molar-refractivity contribution >= 4 is 11.5 Å². The average molecular weight is 244 g/mol. The Labute approximate surface area is 104 Å². The van der Waals surface area contributed by atoms with Gasteiger partial charge in [-0.2, -0.15) is 5.10 Å². The molecule has 0 aliphatic heterocycles. The van der Waals surface area contributed by atoms with E-state index in [1.54, 1.807) is 24.3 Å². The third-order valence-corrected chi connectivity index (χ3v) is 2.45. The van der Waals surface area contributed by atoms with E-state index in [4.69, 9.17) is 0 Å². The lowest BCUT2D eigenvalue weighted by atomic mass is 10.2. The Bertz CT molecular complexity index is 554. The quantitative estimate of drug-likeness (QED) is 0.659. The molecule has 0 saturated carbocycles. The second kappa shape index (κ2) is 5.22. The predicted molar refractivity (Wildman–Crippen MR) is 67.2 cm³/mol. The van der Waals surface area contributed by atoms with Gasteiger partial charge in [-0.3, -0.25) is 10.1 Å². The highest BCUT2D eigenvalue weighted by atomic mass is 16.6. The third-order valence-electron chi connectivity index (χ3n) is 2.45. The smallest absolute Gasteiger partial charge is 0.274 e. The number of nitro benzene ring substituents is 1. The number of aryl methyl sites for hydroxylation is 1. The van der Waals surface area contributed by atoms with Crippen LogP contribution in [0.15, 0.2) is 36.4 Å². The second-order valence-corrected chi connectivity index (χ2v) is 3.80. The summed E-state index contributed by atoms with van der Waals surface area (Å²) in [5, 5.41) is 21.7.